The minimum Gasteiger partial charge on any atom is -0.362 e. The topological polar surface area (TPSA) is 41.9 Å². The van der Waals surface area contributed by atoms with Crippen molar-refractivity contribution in [3.63, 3.8) is 0 Å². The Morgan fingerprint density at radius 2 is 1.92 bits per heavy atom. The predicted molar refractivity (Wildman–Crippen MR) is 113 cm³/mol. The van der Waals surface area contributed by atoms with Gasteiger partial charge in [-0.3, -0.25) is 4.68 Å². The van der Waals surface area contributed by atoms with Gasteiger partial charge in [0.25, 0.3) is 0 Å². The van der Waals surface area contributed by atoms with Crippen LogP contribution < -0.4 is 10.6 Å². The lowest BCUT2D eigenvalue weighted by Gasteiger charge is -2.11. The molecule has 0 saturated heterocycles. The molecule has 0 atom stereocenters. The van der Waals surface area contributed by atoms with Gasteiger partial charge in [0.2, 0.25) is 0 Å². The van der Waals surface area contributed by atoms with E-state index in [-0.39, 0.29) is 0 Å². The van der Waals surface area contributed by atoms with E-state index >= 15 is 0 Å². The van der Waals surface area contributed by atoms with Crippen LogP contribution in [-0.4, -0.2) is 21.4 Å². The number of aryl methyl sites for hydroxylation is 3. The minimum atomic E-state index is 0.663. The number of benzene rings is 1. The zero-order chi connectivity index (χ0) is 18.2. The standard InChI is InChI=1S/C19H27BrN4S/c1-4-5-7-16-8-10-17(11-9-16)22-19(25)21-12-6-13-24-15(3)18(20)14(2)23-24/h8-11H,4-7,12-13H2,1-3H3,(H2,21,22,25). The summed E-state index contributed by atoms with van der Waals surface area (Å²) in [5.41, 5.74) is 4.61. The summed E-state index contributed by atoms with van der Waals surface area (Å²) in [5, 5.41) is 11.7. The number of hydrogen-bond acceptors (Lipinski definition) is 2. The van der Waals surface area contributed by atoms with Crippen LogP contribution in [0.15, 0.2) is 28.7 Å². The average Bonchev–Trinajstić information content (AvgIpc) is 2.85. The Kier molecular flexibility index (Phi) is 7.90. The molecular weight excluding hydrogens is 396 g/mol. The summed E-state index contributed by atoms with van der Waals surface area (Å²) >= 11 is 8.93. The lowest BCUT2D eigenvalue weighted by molar-refractivity contribution is 0.558. The van der Waals surface area contributed by atoms with Crippen LogP contribution in [0.3, 0.4) is 0 Å². The van der Waals surface area contributed by atoms with Crippen LogP contribution in [-0.2, 0) is 13.0 Å². The monoisotopic (exact) mass is 422 g/mol. The fraction of sp³-hybridized carbons (Fsp3) is 0.474. The molecule has 25 heavy (non-hydrogen) atoms. The second-order valence-corrected chi connectivity index (χ2v) is 7.44. The molecule has 4 nitrogen and oxygen atoms in total. The summed E-state index contributed by atoms with van der Waals surface area (Å²) in [7, 11) is 0. The molecule has 0 aliphatic carbocycles. The van der Waals surface area contributed by atoms with Gasteiger partial charge in [-0.05, 0) is 79.0 Å². The highest BCUT2D eigenvalue weighted by atomic mass is 79.9. The van der Waals surface area contributed by atoms with E-state index in [0.29, 0.717) is 5.11 Å². The highest BCUT2D eigenvalue weighted by Crippen LogP contribution is 2.19. The Labute approximate surface area is 164 Å². The molecule has 0 saturated carbocycles. The average molecular weight is 423 g/mol. The van der Waals surface area contributed by atoms with Gasteiger partial charge in [-0.1, -0.05) is 25.5 Å². The van der Waals surface area contributed by atoms with E-state index in [2.05, 4.69) is 69.8 Å². The van der Waals surface area contributed by atoms with E-state index in [9.17, 15) is 0 Å². The smallest absolute Gasteiger partial charge is 0.170 e. The van der Waals surface area contributed by atoms with E-state index in [1.807, 2.05) is 11.6 Å². The number of hydrogen-bond donors (Lipinski definition) is 2. The fourth-order valence-electron chi connectivity index (χ4n) is 2.63. The molecule has 0 radical (unpaired) electrons. The molecule has 1 aromatic heterocycles. The van der Waals surface area contributed by atoms with E-state index < -0.39 is 0 Å². The van der Waals surface area contributed by atoms with E-state index in [1.165, 1.54) is 24.1 Å². The Morgan fingerprint density at radius 3 is 2.52 bits per heavy atom. The maximum absolute atomic E-state index is 5.37. The second-order valence-electron chi connectivity index (χ2n) is 6.24. The van der Waals surface area contributed by atoms with Crippen LogP contribution in [0.1, 0.15) is 43.1 Å². The zero-order valence-corrected chi connectivity index (χ0v) is 17.6. The lowest BCUT2D eigenvalue weighted by Crippen LogP contribution is -2.29. The van der Waals surface area contributed by atoms with E-state index in [4.69, 9.17) is 12.2 Å². The molecule has 1 aromatic carbocycles. The second kappa shape index (κ2) is 9.92. The fourth-order valence-corrected chi connectivity index (χ4v) is 3.14. The van der Waals surface area contributed by atoms with Gasteiger partial charge in [0.15, 0.2) is 5.11 Å². The molecular formula is C19H27BrN4S. The molecule has 0 aliphatic rings. The molecule has 0 amide bonds. The third-order valence-corrected chi connectivity index (χ3v) is 5.55. The van der Waals surface area contributed by atoms with Crippen LogP contribution in [0.4, 0.5) is 5.69 Å². The van der Waals surface area contributed by atoms with Gasteiger partial charge in [-0.2, -0.15) is 5.10 Å². The SMILES string of the molecule is CCCCc1ccc(NC(=S)NCCCn2nc(C)c(Br)c2C)cc1. The van der Waals surface area contributed by atoms with Crippen LogP contribution in [0, 0.1) is 13.8 Å². The normalized spacial score (nSPS) is 10.7. The maximum atomic E-state index is 5.37. The minimum absolute atomic E-state index is 0.663. The summed E-state index contributed by atoms with van der Waals surface area (Å²) in [6.07, 6.45) is 4.56. The number of halogens is 1. The van der Waals surface area contributed by atoms with Crippen molar-refractivity contribution >= 4 is 38.9 Å². The van der Waals surface area contributed by atoms with Crippen LogP contribution in [0.2, 0.25) is 0 Å². The summed E-state index contributed by atoms with van der Waals surface area (Å²) in [4.78, 5) is 0. The Morgan fingerprint density at radius 1 is 1.20 bits per heavy atom. The van der Waals surface area contributed by atoms with Gasteiger partial charge in [0.05, 0.1) is 10.2 Å². The van der Waals surface area contributed by atoms with Crippen molar-refractivity contribution in [2.45, 2.75) is 53.0 Å². The van der Waals surface area contributed by atoms with Gasteiger partial charge in [-0.15, -0.1) is 0 Å². The van der Waals surface area contributed by atoms with Gasteiger partial charge in [-0.25, -0.2) is 0 Å². The lowest BCUT2D eigenvalue weighted by atomic mass is 10.1. The molecule has 0 spiro atoms. The van der Waals surface area contributed by atoms with Crippen LogP contribution in [0.5, 0.6) is 0 Å². The third-order valence-electron chi connectivity index (χ3n) is 4.16. The van der Waals surface area contributed by atoms with Crippen molar-refractivity contribution in [3.05, 3.63) is 45.7 Å². The highest BCUT2D eigenvalue weighted by molar-refractivity contribution is 9.10. The summed E-state index contributed by atoms with van der Waals surface area (Å²) in [6, 6.07) is 8.52. The molecule has 0 unspecified atom stereocenters. The third kappa shape index (κ3) is 6.12. The largest absolute Gasteiger partial charge is 0.362 e. The number of aromatic nitrogens is 2. The summed E-state index contributed by atoms with van der Waals surface area (Å²) < 4.78 is 3.13. The quantitative estimate of drug-likeness (QED) is 0.464. The number of thiocarbonyl (C=S) groups is 1. The molecule has 2 rings (SSSR count). The van der Waals surface area contributed by atoms with Crippen LogP contribution >= 0.6 is 28.1 Å². The first kappa shape index (κ1) is 19.9. The van der Waals surface area contributed by atoms with Gasteiger partial charge >= 0.3 is 0 Å². The molecule has 0 fully saturated rings. The Bertz CT molecular complexity index is 694. The molecule has 6 heteroatoms. The molecule has 0 aliphatic heterocycles. The van der Waals surface area contributed by atoms with Crippen molar-refractivity contribution in [3.8, 4) is 0 Å². The van der Waals surface area contributed by atoms with Gasteiger partial charge in [0, 0.05) is 24.5 Å². The molecule has 2 aromatic rings. The number of nitrogens with zero attached hydrogens (tertiary/aromatic N) is 2. The maximum Gasteiger partial charge on any atom is 0.170 e. The van der Waals surface area contributed by atoms with Gasteiger partial charge < -0.3 is 10.6 Å². The van der Waals surface area contributed by atoms with Crippen molar-refractivity contribution in [2.75, 3.05) is 11.9 Å². The van der Waals surface area contributed by atoms with Crippen molar-refractivity contribution in [1.29, 1.82) is 0 Å². The van der Waals surface area contributed by atoms with Crippen molar-refractivity contribution in [1.82, 2.24) is 15.1 Å². The van der Waals surface area contributed by atoms with Crippen LogP contribution in [0.25, 0.3) is 0 Å². The number of rotatable bonds is 8. The predicted octanol–water partition coefficient (Wildman–Crippen LogP) is 4.98. The number of unbranched alkanes of at least 4 members (excludes halogenated alkanes) is 1. The molecule has 136 valence electrons. The van der Waals surface area contributed by atoms with E-state index in [0.717, 1.165) is 41.8 Å². The van der Waals surface area contributed by atoms with E-state index in [1.54, 1.807) is 0 Å². The summed E-state index contributed by atoms with van der Waals surface area (Å²) in [6.45, 7) is 8.00. The first-order valence-corrected chi connectivity index (χ1v) is 10.0. The zero-order valence-electron chi connectivity index (χ0n) is 15.2. The molecule has 1 heterocycles. The first-order chi connectivity index (χ1) is 12.0. The highest BCUT2D eigenvalue weighted by Gasteiger charge is 2.07. The molecule has 2 N–H and O–H groups in total. The molecule has 0 bridgehead atoms. The number of anilines is 1. The first-order valence-electron chi connectivity index (χ1n) is 8.84. The van der Waals surface area contributed by atoms with Crippen molar-refractivity contribution < 1.29 is 0 Å². The number of nitrogens with one attached hydrogen (secondary N) is 2. The Balaban J connectivity index is 1.70. The van der Waals surface area contributed by atoms with Crippen molar-refractivity contribution in [2.24, 2.45) is 0 Å². The Hall–Kier alpha value is -1.40. The summed E-state index contributed by atoms with van der Waals surface area (Å²) in [5.74, 6) is 0. The van der Waals surface area contributed by atoms with Gasteiger partial charge in [0.1, 0.15) is 0 Å².